The number of carbonyl (C=O) groups is 1. The van der Waals surface area contributed by atoms with Crippen LogP contribution in [-0.4, -0.2) is 30.1 Å². The predicted octanol–water partition coefficient (Wildman–Crippen LogP) is 2.51. The van der Waals surface area contributed by atoms with E-state index in [0.29, 0.717) is 6.47 Å². The molecule has 1 aromatic rings. The van der Waals surface area contributed by atoms with Crippen LogP contribution in [0, 0.1) is 0 Å². The molecule has 1 N–H and O–H groups in total. The lowest BCUT2D eigenvalue weighted by Crippen LogP contribution is -2.26. The normalized spacial score (nSPS) is 16.2. The number of nitrogens with zero attached hydrogens (tertiary/aromatic N) is 1. The predicted molar refractivity (Wildman–Crippen MR) is 76.0 cm³/mol. The van der Waals surface area contributed by atoms with E-state index in [2.05, 4.69) is 21.1 Å². The van der Waals surface area contributed by atoms with Gasteiger partial charge >= 0.3 is 0 Å². The average Bonchev–Trinajstić information content (AvgIpc) is 2.40. The molecule has 1 aromatic heterocycles. The first kappa shape index (κ1) is 15.6. The Morgan fingerprint density at radius 1 is 1.37 bits per heavy atom. The van der Waals surface area contributed by atoms with E-state index >= 15 is 0 Å². The summed E-state index contributed by atoms with van der Waals surface area (Å²) in [6, 6.07) is 4.21. The van der Waals surface area contributed by atoms with Crippen molar-refractivity contribution in [1.29, 1.82) is 0 Å². The van der Waals surface area contributed by atoms with Crippen LogP contribution in [-0.2, 0) is 9.53 Å². The standard InChI is InChI=1S/C10H14N2.C5H10O2/c1-2-10(8-12-5-1)9-3-6-11-7-4-9;1-5(2,3)7-4-6/h1-2,5,8-9,11H,3-4,6-7H2;4H,1-3H3. The molecule has 0 atom stereocenters. The van der Waals surface area contributed by atoms with Gasteiger partial charge in [-0.3, -0.25) is 9.78 Å². The Balaban J connectivity index is 0.000000224. The van der Waals surface area contributed by atoms with Crippen molar-refractivity contribution < 1.29 is 9.53 Å². The molecule has 2 rings (SSSR count). The van der Waals surface area contributed by atoms with E-state index in [-0.39, 0.29) is 5.60 Å². The van der Waals surface area contributed by atoms with E-state index in [1.54, 1.807) is 0 Å². The Morgan fingerprint density at radius 3 is 2.47 bits per heavy atom. The maximum atomic E-state index is 9.60. The molecule has 0 aromatic carbocycles. The molecule has 0 spiro atoms. The first-order valence-corrected chi connectivity index (χ1v) is 6.75. The molecule has 1 aliphatic rings. The van der Waals surface area contributed by atoms with E-state index < -0.39 is 0 Å². The highest BCUT2D eigenvalue weighted by atomic mass is 16.5. The molecule has 0 radical (unpaired) electrons. The van der Waals surface area contributed by atoms with Crippen molar-refractivity contribution in [3.63, 3.8) is 0 Å². The molecule has 2 heterocycles. The number of hydrogen-bond donors (Lipinski definition) is 1. The van der Waals surface area contributed by atoms with Gasteiger partial charge < -0.3 is 10.1 Å². The molecule has 19 heavy (non-hydrogen) atoms. The van der Waals surface area contributed by atoms with Crippen LogP contribution < -0.4 is 5.32 Å². The number of ether oxygens (including phenoxy) is 1. The number of rotatable bonds is 2. The topological polar surface area (TPSA) is 51.2 Å². The Bertz CT molecular complexity index is 354. The summed E-state index contributed by atoms with van der Waals surface area (Å²) < 4.78 is 4.55. The molecular weight excluding hydrogens is 240 g/mol. The van der Waals surface area contributed by atoms with Gasteiger partial charge in [-0.15, -0.1) is 0 Å². The monoisotopic (exact) mass is 264 g/mol. The molecule has 0 unspecified atom stereocenters. The van der Waals surface area contributed by atoms with E-state index in [1.165, 1.54) is 18.4 Å². The zero-order valence-electron chi connectivity index (χ0n) is 12.1. The van der Waals surface area contributed by atoms with Crippen molar-refractivity contribution in [2.75, 3.05) is 13.1 Å². The quantitative estimate of drug-likeness (QED) is 0.834. The summed E-state index contributed by atoms with van der Waals surface area (Å²) in [6.45, 7) is 8.23. The molecule has 4 heteroatoms. The van der Waals surface area contributed by atoms with Gasteiger partial charge in [0.05, 0.1) is 0 Å². The van der Waals surface area contributed by atoms with Crippen LogP contribution in [0.2, 0.25) is 0 Å². The Labute approximate surface area is 115 Å². The number of nitrogens with one attached hydrogen (secondary N) is 1. The number of hydrogen-bond acceptors (Lipinski definition) is 4. The van der Waals surface area contributed by atoms with E-state index in [9.17, 15) is 4.79 Å². The lowest BCUT2D eigenvalue weighted by atomic mass is 9.91. The second-order valence-corrected chi connectivity index (χ2v) is 5.64. The molecule has 106 valence electrons. The van der Waals surface area contributed by atoms with Gasteiger partial charge in [-0.2, -0.15) is 0 Å². The minimum atomic E-state index is -0.318. The lowest BCUT2D eigenvalue weighted by Gasteiger charge is -2.22. The zero-order chi connectivity index (χ0) is 14.1. The van der Waals surface area contributed by atoms with Crippen LogP contribution in [0.1, 0.15) is 45.1 Å². The van der Waals surface area contributed by atoms with Crippen molar-refractivity contribution in [3.8, 4) is 0 Å². The summed E-state index contributed by atoms with van der Waals surface area (Å²) in [6.07, 6.45) is 6.35. The van der Waals surface area contributed by atoms with Gasteiger partial charge in [-0.1, -0.05) is 6.07 Å². The van der Waals surface area contributed by atoms with Gasteiger partial charge in [-0.25, -0.2) is 0 Å². The van der Waals surface area contributed by atoms with Crippen LogP contribution in [0.3, 0.4) is 0 Å². The molecule has 1 saturated heterocycles. The summed E-state index contributed by atoms with van der Waals surface area (Å²) in [5.41, 5.74) is 1.08. The third kappa shape index (κ3) is 6.91. The smallest absolute Gasteiger partial charge is 0.293 e. The molecular formula is C15H24N2O2. The fourth-order valence-electron chi connectivity index (χ4n) is 1.92. The Morgan fingerprint density at radius 2 is 2.05 bits per heavy atom. The molecule has 4 nitrogen and oxygen atoms in total. The third-order valence-electron chi connectivity index (χ3n) is 2.90. The SMILES string of the molecule is CC(C)(C)OC=O.c1cncc(C2CCNCC2)c1. The second kappa shape index (κ2) is 7.89. The number of piperidine rings is 1. The maximum Gasteiger partial charge on any atom is 0.293 e. The van der Waals surface area contributed by atoms with Crippen LogP contribution in [0.4, 0.5) is 0 Å². The minimum Gasteiger partial charge on any atom is -0.462 e. The maximum absolute atomic E-state index is 9.60. The molecule has 0 aliphatic carbocycles. The summed E-state index contributed by atoms with van der Waals surface area (Å²) in [4.78, 5) is 13.7. The van der Waals surface area contributed by atoms with Gasteiger partial charge in [0.1, 0.15) is 5.60 Å². The van der Waals surface area contributed by atoms with Gasteiger partial charge in [-0.05, 0) is 64.3 Å². The Kier molecular flexibility index (Phi) is 6.50. The van der Waals surface area contributed by atoms with Gasteiger partial charge in [0.25, 0.3) is 6.47 Å². The highest BCUT2D eigenvalue weighted by molar-refractivity contribution is 5.37. The largest absolute Gasteiger partial charge is 0.462 e. The third-order valence-corrected chi connectivity index (χ3v) is 2.90. The molecule has 1 fully saturated rings. The summed E-state index contributed by atoms with van der Waals surface area (Å²) in [5, 5.41) is 3.36. The van der Waals surface area contributed by atoms with Gasteiger partial charge in [0.2, 0.25) is 0 Å². The van der Waals surface area contributed by atoms with Gasteiger partial charge in [0, 0.05) is 12.4 Å². The fourth-order valence-corrected chi connectivity index (χ4v) is 1.92. The lowest BCUT2D eigenvalue weighted by molar-refractivity contribution is -0.138. The second-order valence-electron chi connectivity index (χ2n) is 5.64. The van der Waals surface area contributed by atoms with Crippen molar-refractivity contribution in [1.82, 2.24) is 10.3 Å². The first-order chi connectivity index (χ1) is 9.03. The van der Waals surface area contributed by atoms with Gasteiger partial charge in [0.15, 0.2) is 0 Å². The first-order valence-electron chi connectivity index (χ1n) is 6.75. The van der Waals surface area contributed by atoms with Crippen molar-refractivity contribution in [2.45, 2.75) is 45.1 Å². The van der Waals surface area contributed by atoms with Crippen molar-refractivity contribution in [3.05, 3.63) is 30.1 Å². The van der Waals surface area contributed by atoms with Crippen molar-refractivity contribution in [2.24, 2.45) is 0 Å². The highest BCUT2D eigenvalue weighted by Gasteiger charge is 2.14. The van der Waals surface area contributed by atoms with E-state index in [0.717, 1.165) is 19.0 Å². The molecule has 0 saturated carbocycles. The van der Waals surface area contributed by atoms with Crippen molar-refractivity contribution >= 4 is 6.47 Å². The molecule has 0 amide bonds. The fraction of sp³-hybridized carbons (Fsp3) is 0.600. The number of aromatic nitrogens is 1. The summed E-state index contributed by atoms with van der Waals surface area (Å²) >= 11 is 0. The van der Waals surface area contributed by atoms with E-state index in [4.69, 9.17) is 0 Å². The Hall–Kier alpha value is -1.42. The highest BCUT2D eigenvalue weighted by Crippen LogP contribution is 2.23. The number of pyridine rings is 1. The average molecular weight is 264 g/mol. The summed E-state index contributed by atoms with van der Waals surface area (Å²) in [7, 11) is 0. The van der Waals surface area contributed by atoms with Crippen LogP contribution in [0.15, 0.2) is 24.5 Å². The zero-order valence-corrected chi connectivity index (χ0v) is 12.1. The molecule has 1 aliphatic heterocycles. The summed E-state index contributed by atoms with van der Waals surface area (Å²) in [5.74, 6) is 0.736. The van der Waals surface area contributed by atoms with Crippen LogP contribution in [0.5, 0.6) is 0 Å². The molecule has 0 bridgehead atoms. The minimum absolute atomic E-state index is 0.318. The van der Waals surface area contributed by atoms with Crippen LogP contribution in [0.25, 0.3) is 0 Å². The van der Waals surface area contributed by atoms with E-state index in [1.807, 2.05) is 39.2 Å². The van der Waals surface area contributed by atoms with Crippen LogP contribution >= 0.6 is 0 Å². The number of carbonyl (C=O) groups excluding carboxylic acids is 1.